The van der Waals surface area contributed by atoms with Crippen molar-refractivity contribution in [1.82, 2.24) is 10.6 Å². The summed E-state index contributed by atoms with van der Waals surface area (Å²) >= 11 is 0. The van der Waals surface area contributed by atoms with Crippen molar-refractivity contribution in [3.05, 3.63) is 43.8 Å². The number of carbonyl (C=O) groups is 2. The summed E-state index contributed by atoms with van der Waals surface area (Å²) in [6.07, 6.45) is 1.78. The van der Waals surface area contributed by atoms with Gasteiger partial charge in [-0.25, -0.2) is 0 Å². The molecule has 0 bridgehead atoms. The van der Waals surface area contributed by atoms with E-state index in [9.17, 15) is 9.59 Å². The van der Waals surface area contributed by atoms with E-state index in [4.69, 9.17) is 5.11 Å². The van der Waals surface area contributed by atoms with Crippen molar-refractivity contribution in [3.8, 4) is 0 Å². The maximum absolute atomic E-state index is 10.8. The molecule has 75 valence electrons. The van der Waals surface area contributed by atoms with E-state index in [0.717, 1.165) is 12.2 Å². The van der Waals surface area contributed by atoms with E-state index >= 15 is 0 Å². The Morgan fingerprint density at radius 2 is 1.43 bits per heavy atom. The van der Waals surface area contributed by atoms with Crippen LogP contribution in [0.3, 0.4) is 0 Å². The molecular formula is C9H11N2O3. The Morgan fingerprint density at radius 3 is 1.64 bits per heavy atom. The predicted molar refractivity (Wildman–Crippen MR) is 51.7 cm³/mol. The van der Waals surface area contributed by atoms with E-state index in [1.165, 1.54) is 0 Å². The van der Waals surface area contributed by atoms with Crippen molar-refractivity contribution in [2.24, 2.45) is 0 Å². The Bertz CT molecular complexity index is 262. The molecule has 0 spiro atoms. The maximum atomic E-state index is 10.8. The topological polar surface area (TPSA) is 78.4 Å². The van der Waals surface area contributed by atoms with Gasteiger partial charge in [0.2, 0.25) is 18.0 Å². The lowest BCUT2D eigenvalue weighted by Gasteiger charge is -2.14. The largest absolute Gasteiger partial charge is 0.508 e. The molecule has 0 fully saturated rings. The van der Waals surface area contributed by atoms with E-state index in [1.807, 2.05) is 0 Å². The Kier molecular flexibility index (Phi) is 4.77. The lowest BCUT2D eigenvalue weighted by molar-refractivity contribution is -0.117. The fourth-order valence-corrected chi connectivity index (χ4v) is 0.524. The quantitative estimate of drug-likeness (QED) is 0.431. The number of amides is 2. The van der Waals surface area contributed by atoms with Crippen molar-refractivity contribution in [1.29, 1.82) is 0 Å². The van der Waals surface area contributed by atoms with Crippen LogP contribution in [-0.4, -0.2) is 16.9 Å². The summed E-state index contributed by atoms with van der Waals surface area (Å²) in [6, 6.07) is 0. The maximum Gasteiger partial charge on any atom is 0.245 e. The highest BCUT2D eigenvalue weighted by atomic mass is 16.3. The zero-order chi connectivity index (χ0) is 11.1. The highest BCUT2D eigenvalue weighted by molar-refractivity contribution is 5.91. The first kappa shape index (κ1) is 12.0. The van der Waals surface area contributed by atoms with Crippen molar-refractivity contribution in [2.45, 2.75) is 0 Å². The lowest BCUT2D eigenvalue weighted by atomic mass is 10.4. The fourth-order valence-electron chi connectivity index (χ4n) is 0.524. The van der Waals surface area contributed by atoms with Crippen LogP contribution in [0.2, 0.25) is 0 Å². The van der Waals surface area contributed by atoms with Crippen LogP contribution in [-0.2, 0) is 9.59 Å². The first-order chi connectivity index (χ1) is 6.51. The Morgan fingerprint density at radius 1 is 1.07 bits per heavy atom. The van der Waals surface area contributed by atoms with Crippen LogP contribution in [0.25, 0.3) is 0 Å². The smallest absolute Gasteiger partial charge is 0.245 e. The number of aliphatic hydroxyl groups excluding tert-OH is 1. The molecule has 14 heavy (non-hydrogen) atoms. The van der Waals surface area contributed by atoms with Gasteiger partial charge in [0.15, 0.2) is 0 Å². The summed E-state index contributed by atoms with van der Waals surface area (Å²) < 4.78 is 0. The van der Waals surface area contributed by atoms with Crippen LogP contribution >= 0.6 is 0 Å². The van der Waals surface area contributed by atoms with Crippen molar-refractivity contribution in [2.75, 3.05) is 0 Å². The molecule has 0 unspecified atom stereocenters. The minimum Gasteiger partial charge on any atom is -0.508 e. The molecule has 5 heteroatoms. The molecule has 0 aliphatic rings. The average molecular weight is 195 g/mol. The van der Waals surface area contributed by atoms with Gasteiger partial charge in [-0.1, -0.05) is 19.7 Å². The molecule has 0 aromatic carbocycles. The Balaban J connectivity index is 4.37. The van der Waals surface area contributed by atoms with Crippen molar-refractivity contribution < 1.29 is 14.7 Å². The van der Waals surface area contributed by atoms with Gasteiger partial charge < -0.3 is 15.7 Å². The molecule has 1 radical (unpaired) electrons. The fraction of sp³-hybridized carbons (Fsp3) is 0. The summed E-state index contributed by atoms with van der Waals surface area (Å²) in [4.78, 5) is 21.6. The summed E-state index contributed by atoms with van der Waals surface area (Å²) in [6.45, 7) is 9.56. The van der Waals surface area contributed by atoms with Crippen LogP contribution in [0, 0.1) is 6.17 Å². The molecule has 0 aliphatic heterocycles. The molecule has 3 N–H and O–H groups in total. The van der Waals surface area contributed by atoms with Crippen molar-refractivity contribution >= 4 is 11.8 Å². The average Bonchev–Trinajstić information content (AvgIpc) is 2.16. The van der Waals surface area contributed by atoms with E-state index in [2.05, 4.69) is 30.4 Å². The number of rotatable bonds is 5. The zero-order valence-corrected chi connectivity index (χ0v) is 7.54. The van der Waals surface area contributed by atoms with Gasteiger partial charge in [0.25, 0.3) is 0 Å². The highest BCUT2D eigenvalue weighted by Gasteiger charge is 2.16. The molecule has 5 nitrogen and oxygen atoms in total. The number of hydrogen-bond donors (Lipinski definition) is 3. The SMILES string of the molecule is C=CC(=O)N[C](NC(=O)C=C)C(=C)O. The molecule has 0 aromatic heterocycles. The summed E-state index contributed by atoms with van der Waals surface area (Å²) in [5.74, 6) is -1.60. The van der Waals surface area contributed by atoms with Gasteiger partial charge in [-0.2, -0.15) is 0 Å². The van der Waals surface area contributed by atoms with Gasteiger partial charge in [-0.15, -0.1) is 0 Å². The van der Waals surface area contributed by atoms with Crippen LogP contribution in [0.4, 0.5) is 0 Å². The molecule has 0 saturated carbocycles. The molecule has 0 atom stereocenters. The first-order valence-electron chi connectivity index (χ1n) is 3.63. The first-order valence-corrected chi connectivity index (χ1v) is 3.63. The summed E-state index contributed by atoms with van der Waals surface area (Å²) in [5.41, 5.74) is 0. The van der Waals surface area contributed by atoms with Gasteiger partial charge in [-0.3, -0.25) is 9.59 Å². The third-order valence-electron chi connectivity index (χ3n) is 1.16. The van der Waals surface area contributed by atoms with E-state index in [0.29, 0.717) is 0 Å². The minimum atomic E-state index is -0.570. The molecular weight excluding hydrogens is 184 g/mol. The second-order valence-corrected chi connectivity index (χ2v) is 2.21. The summed E-state index contributed by atoms with van der Waals surface area (Å²) in [7, 11) is 0. The van der Waals surface area contributed by atoms with Gasteiger partial charge in [0, 0.05) is 0 Å². The van der Waals surface area contributed by atoms with Gasteiger partial charge in [0.05, 0.1) is 0 Å². The number of carbonyl (C=O) groups excluding carboxylic acids is 2. The summed E-state index contributed by atoms with van der Waals surface area (Å²) in [5, 5.41) is 13.3. The van der Waals surface area contributed by atoms with E-state index < -0.39 is 17.6 Å². The molecule has 0 heterocycles. The Hall–Kier alpha value is -2.04. The van der Waals surface area contributed by atoms with E-state index in [-0.39, 0.29) is 6.17 Å². The van der Waals surface area contributed by atoms with Crippen LogP contribution < -0.4 is 10.6 Å². The van der Waals surface area contributed by atoms with Crippen LogP contribution in [0.1, 0.15) is 0 Å². The highest BCUT2D eigenvalue weighted by Crippen LogP contribution is 1.99. The van der Waals surface area contributed by atoms with Crippen molar-refractivity contribution in [3.63, 3.8) is 0 Å². The number of nitrogens with one attached hydrogen (secondary N) is 2. The van der Waals surface area contributed by atoms with Gasteiger partial charge in [-0.05, 0) is 12.2 Å². The van der Waals surface area contributed by atoms with Gasteiger partial charge in [0.1, 0.15) is 5.76 Å². The third kappa shape index (κ3) is 4.10. The van der Waals surface area contributed by atoms with E-state index in [1.54, 1.807) is 0 Å². The molecule has 0 aliphatic carbocycles. The monoisotopic (exact) mass is 195 g/mol. The standard InChI is InChI=1S/C9H11N2O3/c1-4-7(13)10-9(6(3)12)11-8(14)5-2/h4-5,12H,1-3H2,(H,10,13)(H,11,14). The number of hydrogen-bond acceptors (Lipinski definition) is 3. The zero-order valence-electron chi connectivity index (χ0n) is 7.54. The molecule has 2 amide bonds. The normalized spacial score (nSPS) is 8.93. The van der Waals surface area contributed by atoms with Gasteiger partial charge >= 0.3 is 0 Å². The lowest BCUT2D eigenvalue weighted by Crippen LogP contribution is -2.40. The number of aliphatic hydroxyl groups is 1. The second kappa shape index (κ2) is 5.58. The third-order valence-corrected chi connectivity index (χ3v) is 1.16. The minimum absolute atomic E-state index is 0.195. The Labute approximate surface area is 81.8 Å². The second-order valence-electron chi connectivity index (χ2n) is 2.21. The predicted octanol–water partition coefficient (Wildman–Crippen LogP) is 0.152. The van der Waals surface area contributed by atoms with Crippen LogP contribution in [0.5, 0.6) is 0 Å². The molecule has 0 rings (SSSR count). The molecule has 0 saturated heterocycles. The van der Waals surface area contributed by atoms with Crippen LogP contribution in [0.15, 0.2) is 37.6 Å². The molecule has 0 aromatic rings.